The zero-order valence-corrected chi connectivity index (χ0v) is 10.9. The molecule has 2 unspecified atom stereocenters. The van der Waals surface area contributed by atoms with E-state index in [0.29, 0.717) is 5.92 Å². The second-order valence-electron chi connectivity index (χ2n) is 5.89. The van der Waals surface area contributed by atoms with Gasteiger partial charge in [-0.25, -0.2) is 0 Å². The lowest BCUT2D eigenvalue weighted by molar-refractivity contribution is -0.0968. The summed E-state index contributed by atoms with van der Waals surface area (Å²) in [5.41, 5.74) is 0.919. The third kappa shape index (κ3) is 2.43. The van der Waals surface area contributed by atoms with Crippen molar-refractivity contribution in [3.8, 4) is 0 Å². The zero-order valence-electron chi connectivity index (χ0n) is 10.9. The second-order valence-corrected chi connectivity index (χ2v) is 5.89. The smallest absolute Gasteiger partial charge is 0.0700 e. The fourth-order valence-electron chi connectivity index (χ4n) is 3.53. The Bertz CT molecular complexity index is 395. The number of rotatable bonds is 2. The lowest BCUT2D eigenvalue weighted by Gasteiger charge is -2.47. The van der Waals surface area contributed by atoms with E-state index in [-0.39, 0.29) is 5.60 Å². The van der Waals surface area contributed by atoms with E-state index in [9.17, 15) is 5.11 Å². The third-order valence-electron chi connectivity index (χ3n) is 4.64. The van der Waals surface area contributed by atoms with Gasteiger partial charge in [0.1, 0.15) is 0 Å². The van der Waals surface area contributed by atoms with E-state index in [4.69, 9.17) is 0 Å². The molecule has 0 aromatic carbocycles. The number of likely N-dealkylation sites (tertiary alicyclic amines) is 1. The molecule has 98 valence electrons. The van der Waals surface area contributed by atoms with Crippen molar-refractivity contribution in [3.63, 3.8) is 0 Å². The highest BCUT2D eigenvalue weighted by atomic mass is 16.3. The molecule has 1 aliphatic heterocycles. The van der Waals surface area contributed by atoms with Gasteiger partial charge in [0.05, 0.1) is 5.60 Å². The van der Waals surface area contributed by atoms with Gasteiger partial charge in [-0.3, -0.25) is 9.88 Å². The first-order chi connectivity index (χ1) is 8.76. The van der Waals surface area contributed by atoms with Crippen LogP contribution in [0.4, 0.5) is 0 Å². The van der Waals surface area contributed by atoms with Gasteiger partial charge in [-0.1, -0.05) is 18.9 Å². The lowest BCUT2D eigenvalue weighted by atomic mass is 9.71. The van der Waals surface area contributed by atoms with Gasteiger partial charge >= 0.3 is 0 Å². The van der Waals surface area contributed by atoms with Gasteiger partial charge in [-0.15, -0.1) is 0 Å². The molecule has 0 amide bonds. The Labute approximate surface area is 109 Å². The molecule has 1 saturated heterocycles. The van der Waals surface area contributed by atoms with Gasteiger partial charge in [0.25, 0.3) is 0 Å². The van der Waals surface area contributed by atoms with Crippen LogP contribution in [0.5, 0.6) is 0 Å². The Hall–Kier alpha value is -0.930. The molecule has 1 aliphatic carbocycles. The van der Waals surface area contributed by atoms with E-state index >= 15 is 0 Å². The fraction of sp³-hybridized carbons (Fsp3) is 0.667. The normalized spacial score (nSPS) is 33.1. The van der Waals surface area contributed by atoms with Crippen LogP contribution >= 0.6 is 0 Å². The second kappa shape index (κ2) is 4.98. The lowest BCUT2D eigenvalue weighted by Crippen LogP contribution is -2.52. The maximum atomic E-state index is 10.6. The van der Waals surface area contributed by atoms with Gasteiger partial charge in [0.15, 0.2) is 0 Å². The van der Waals surface area contributed by atoms with Crippen LogP contribution in [0.2, 0.25) is 0 Å². The average molecular weight is 246 g/mol. The first kappa shape index (κ1) is 12.1. The summed E-state index contributed by atoms with van der Waals surface area (Å²) in [4.78, 5) is 6.64. The first-order valence-corrected chi connectivity index (χ1v) is 7.10. The molecule has 18 heavy (non-hydrogen) atoms. The predicted molar refractivity (Wildman–Crippen MR) is 71.0 cm³/mol. The standard InChI is InChI=1S/C15H22N2O/c18-15-6-2-1-5-14(15)12-17(9-7-15)11-13-4-3-8-16-10-13/h3-4,8,10,14,18H,1-2,5-7,9,11-12H2. The van der Waals surface area contributed by atoms with Crippen LogP contribution in [-0.4, -0.2) is 33.7 Å². The minimum atomic E-state index is -0.357. The number of hydrogen-bond donors (Lipinski definition) is 1. The molecule has 0 spiro atoms. The van der Waals surface area contributed by atoms with Crippen LogP contribution in [0.3, 0.4) is 0 Å². The molecule has 3 heteroatoms. The molecule has 1 aromatic rings. The SMILES string of the molecule is OC12CCCCC1CN(Cc1cccnc1)CC2. The summed E-state index contributed by atoms with van der Waals surface area (Å²) < 4.78 is 0. The van der Waals surface area contributed by atoms with E-state index < -0.39 is 0 Å². The highest BCUT2D eigenvalue weighted by Crippen LogP contribution is 2.39. The zero-order chi connectivity index (χ0) is 12.4. The van der Waals surface area contributed by atoms with Crippen molar-refractivity contribution in [2.75, 3.05) is 13.1 Å². The Balaban J connectivity index is 1.63. The van der Waals surface area contributed by atoms with E-state index in [1.807, 2.05) is 18.5 Å². The summed E-state index contributed by atoms with van der Waals surface area (Å²) in [7, 11) is 0. The molecule has 0 bridgehead atoms. The number of nitrogens with zero attached hydrogens (tertiary/aromatic N) is 2. The number of hydrogen-bond acceptors (Lipinski definition) is 3. The topological polar surface area (TPSA) is 36.4 Å². The summed E-state index contributed by atoms with van der Waals surface area (Å²) in [6, 6.07) is 4.13. The van der Waals surface area contributed by atoms with Gasteiger partial charge in [0, 0.05) is 37.9 Å². The maximum Gasteiger partial charge on any atom is 0.0700 e. The largest absolute Gasteiger partial charge is 0.390 e. The van der Waals surface area contributed by atoms with Crippen molar-refractivity contribution >= 4 is 0 Å². The predicted octanol–water partition coefficient (Wildman–Crippen LogP) is 2.21. The van der Waals surface area contributed by atoms with Crippen LogP contribution in [0, 0.1) is 5.92 Å². The van der Waals surface area contributed by atoms with Crippen LogP contribution in [0.1, 0.15) is 37.7 Å². The van der Waals surface area contributed by atoms with Gasteiger partial charge in [-0.2, -0.15) is 0 Å². The minimum absolute atomic E-state index is 0.357. The highest BCUT2D eigenvalue weighted by molar-refractivity contribution is 5.09. The average Bonchev–Trinajstić information content (AvgIpc) is 2.40. The van der Waals surface area contributed by atoms with E-state index in [0.717, 1.165) is 32.5 Å². The van der Waals surface area contributed by atoms with Crippen molar-refractivity contribution in [3.05, 3.63) is 30.1 Å². The minimum Gasteiger partial charge on any atom is -0.390 e. The molecule has 2 atom stereocenters. The summed E-state index contributed by atoms with van der Waals surface area (Å²) in [5.74, 6) is 0.483. The Morgan fingerprint density at radius 3 is 3.17 bits per heavy atom. The van der Waals surface area contributed by atoms with Crippen molar-refractivity contribution in [2.45, 2.75) is 44.2 Å². The molecule has 2 aliphatic rings. The first-order valence-electron chi connectivity index (χ1n) is 7.10. The summed E-state index contributed by atoms with van der Waals surface area (Å²) in [6.45, 7) is 3.04. The Morgan fingerprint density at radius 1 is 1.39 bits per heavy atom. The summed E-state index contributed by atoms with van der Waals surface area (Å²) in [6.07, 6.45) is 9.40. The van der Waals surface area contributed by atoms with E-state index in [1.165, 1.54) is 24.8 Å². The van der Waals surface area contributed by atoms with Crippen LogP contribution < -0.4 is 0 Å². The Morgan fingerprint density at radius 2 is 2.33 bits per heavy atom. The molecule has 1 aromatic heterocycles. The quantitative estimate of drug-likeness (QED) is 0.869. The molecule has 3 rings (SSSR count). The van der Waals surface area contributed by atoms with Gasteiger partial charge in [-0.05, 0) is 30.9 Å². The summed E-state index contributed by atoms with van der Waals surface area (Å²) in [5, 5.41) is 10.6. The molecule has 0 radical (unpaired) electrons. The fourth-order valence-corrected chi connectivity index (χ4v) is 3.53. The van der Waals surface area contributed by atoms with E-state index in [2.05, 4.69) is 16.0 Å². The molecule has 2 fully saturated rings. The third-order valence-corrected chi connectivity index (χ3v) is 4.64. The number of aliphatic hydroxyl groups is 1. The van der Waals surface area contributed by atoms with Crippen molar-refractivity contribution < 1.29 is 5.11 Å². The number of fused-ring (bicyclic) bond motifs is 1. The van der Waals surface area contributed by atoms with E-state index in [1.54, 1.807) is 0 Å². The maximum absolute atomic E-state index is 10.6. The molecule has 1 saturated carbocycles. The van der Waals surface area contributed by atoms with Crippen LogP contribution in [0.25, 0.3) is 0 Å². The summed E-state index contributed by atoms with van der Waals surface area (Å²) >= 11 is 0. The molecular formula is C15H22N2O. The molecule has 2 heterocycles. The highest BCUT2D eigenvalue weighted by Gasteiger charge is 2.42. The number of aromatic nitrogens is 1. The van der Waals surface area contributed by atoms with Crippen LogP contribution in [0.15, 0.2) is 24.5 Å². The Kier molecular flexibility index (Phi) is 3.35. The van der Waals surface area contributed by atoms with Crippen molar-refractivity contribution in [1.29, 1.82) is 0 Å². The monoisotopic (exact) mass is 246 g/mol. The van der Waals surface area contributed by atoms with Crippen molar-refractivity contribution in [2.24, 2.45) is 5.92 Å². The van der Waals surface area contributed by atoms with Gasteiger partial charge in [0.2, 0.25) is 0 Å². The molecular weight excluding hydrogens is 224 g/mol. The number of pyridine rings is 1. The van der Waals surface area contributed by atoms with Gasteiger partial charge < -0.3 is 5.11 Å². The van der Waals surface area contributed by atoms with Crippen molar-refractivity contribution in [1.82, 2.24) is 9.88 Å². The van der Waals surface area contributed by atoms with Crippen LogP contribution in [-0.2, 0) is 6.54 Å². The number of piperidine rings is 1. The molecule has 1 N–H and O–H groups in total. The molecule has 3 nitrogen and oxygen atoms in total.